The number of furan rings is 1. The van der Waals surface area contributed by atoms with Crippen molar-refractivity contribution in [3.63, 3.8) is 0 Å². The molecule has 150 valence electrons. The van der Waals surface area contributed by atoms with E-state index in [1.807, 2.05) is 48.5 Å². The van der Waals surface area contributed by atoms with Gasteiger partial charge in [-0.15, -0.1) is 0 Å². The number of carbonyl (C=O) groups is 1. The van der Waals surface area contributed by atoms with Crippen LogP contribution in [-0.4, -0.2) is 12.1 Å². The largest absolute Gasteiger partial charge is 0.488 e. The molecule has 3 aromatic carbocycles. The van der Waals surface area contributed by atoms with Gasteiger partial charge in [-0.05, 0) is 42.0 Å². The lowest BCUT2D eigenvalue weighted by Crippen LogP contribution is -2.16. The summed E-state index contributed by atoms with van der Waals surface area (Å²) in [6, 6.07) is 21.8. The molecule has 1 aromatic heterocycles. The van der Waals surface area contributed by atoms with E-state index < -0.39 is 5.91 Å². The number of hydrazone groups is 1. The van der Waals surface area contributed by atoms with Gasteiger partial charge in [-0.1, -0.05) is 59.6 Å². The zero-order valence-corrected chi connectivity index (χ0v) is 17.2. The first-order valence-electron chi connectivity index (χ1n) is 9.08. The van der Waals surface area contributed by atoms with Gasteiger partial charge in [0.05, 0.1) is 16.3 Å². The molecule has 0 unspecified atom stereocenters. The minimum Gasteiger partial charge on any atom is -0.488 e. The quantitative estimate of drug-likeness (QED) is 0.293. The van der Waals surface area contributed by atoms with Crippen LogP contribution in [0.5, 0.6) is 5.75 Å². The van der Waals surface area contributed by atoms with E-state index in [0.29, 0.717) is 33.5 Å². The Hall–Kier alpha value is -3.28. The van der Waals surface area contributed by atoms with Crippen molar-refractivity contribution in [2.24, 2.45) is 5.10 Å². The van der Waals surface area contributed by atoms with E-state index >= 15 is 0 Å². The average Bonchev–Trinajstić information content (AvgIpc) is 3.20. The molecule has 0 radical (unpaired) electrons. The molecule has 0 bridgehead atoms. The predicted octanol–water partition coefficient (Wildman–Crippen LogP) is 6.08. The Morgan fingerprint density at radius 1 is 1.00 bits per heavy atom. The third-order valence-electron chi connectivity index (χ3n) is 4.32. The predicted molar refractivity (Wildman–Crippen MR) is 119 cm³/mol. The third-order valence-corrected chi connectivity index (χ3v) is 5.06. The second-order valence-electron chi connectivity index (χ2n) is 6.42. The standard InChI is InChI=1S/C23H16Cl2N2O3/c24-18-10-9-15(11-19(18)25)14-29-20-7-3-2-6-17(20)13-26-27-23(28)22-12-16-5-1-4-8-21(16)30-22/h1-13H,14H2,(H,27,28)/b26-13+. The summed E-state index contributed by atoms with van der Waals surface area (Å²) in [6.07, 6.45) is 1.52. The van der Waals surface area contributed by atoms with Crippen LogP contribution < -0.4 is 10.2 Å². The molecule has 0 aliphatic rings. The molecular formula is C23H16Cl2N2O3. The number of carbonyl (C=O) groups excluding carboxylic acids is 1. The van der Waals surface area contributed by atoms with E-state index in [0.717, 1.165) is 10.9 Å². The summed E-state index contributed by atoms with van der Waals surface area (Å²) < 4.78 is 11.4. The zero-order valence-electron chi connectivity index (χ0n) is 15.6. The van der Waals surface area contributed by atoms with Crippen LogP contribution in [0.1, 0.15) is 21.7 Å². The van der Waals surface area contributed by atoms with E-state index in [1.165, 1.54) is 6.21 Å². The normalized spacial score (nSPS) is 11.1. The Morgan fingerprint density at radius 2 is 1.80 bits per heavy atom. The Morgan fingerprint density at radius 3 is 2.63 bits per heavy atom. The Balaban J connectivity index is 1.42. The van der Waals surface area contributed by atoms with Crippen molar-refractivity contribution in [1.29, 1.82) is 0 Å². The highest BCUT2D eigenvalue weighted by molar-refractivity contribution is 6.42. The molecule has 0 aliphatic heterocycles. The maximum absolute atomic E-state index is 12.3. The van der Waals surface area contributed by atoms with Gasteiger partial charge in [0.2, 0.25) is 0 Å². The summed E-state index contributed by atoms with van der Waals surface area (Å²) in [7, 11) is 0. The molecule has 4 rings (SSSR count). The van der Waals surface area contributed by atoms with E-state index in [2.05, 4.69) is 10.5 Å². The van der Waals surface area contributed by atoms with E-state index in [-0.39, 0.29) is 5.76 Å². The van der Waals surface area contributed by atoms with Crippen LogP contribution in [0.25, 0.3) is 11.0 Å². The van der Waals surface area contributed by atoms with Gasteiger partial charge in [0.15, 0.2) is 5.76 Å². The molecular weight excluding hydrogens is 423 g/mol. The van der Waals surface area contributed by atoms with Crippen LogP contribution in [0.4, 0.5) is 0 Å². The lowest BCUT2D eigenvalue weighted by Gasteiger charge is -2.09. The van der Waals surface area contributed by atoms with Crippen molar-refractivity contribution < 1.29 is 13.9 Å². The summed E-state index contributed by atoms with van der Waals surface area (Å²) in [5, 5.41) is 5.85. The summed E-state index contributed by atoms with van der Waals surface area (Å²) in [5.41, 5.74) is 4.71. The maximum Gasteiger partial charge on any atom is 0.307 e. The first-order valence-corrected chi connectivity index (χ1v) is 9.83. The van der Waals surface area contributed by atoms with Gasteiger partial charge in [0, 0.05) is 10.9 Å². The number of benzene rings is 3. The highest BCUT2D eigenvalue weighted by Crippen LogP contribution is 2.24. The van der Waals surface area contributed by atoms with Crippen molar-refractivity contribution in [2.45, 2.75) is 6.61 Å². The second-order valence-corrected chi connectivity index (χ2v) is 7.24. The van der Waals surface area contributed by atoms with Crippen LogP contribution in [0, 0.1) is 0 Å². The van der Waals surface area contributed by atoms with Gasteiger partial charge >= 0.3 is 5.91 Å². The monoisotopic (exact) mass is 438 g/mol. The van der Waals surface area contributed by atoms with E-state index in [1.54, 1.807) is 24.3 Å². The molecule has 1 N–H and O–H groups in total. The number of hydrogen-bond donors (Lipinski definition) is 1. The molecule has 1 heterocycles. The van der Waals surface area contributed by atoms with Gasteiger partial charge < -0.3 is 9.15 Å². The fourth-order valence-corrected chi connectivity index (χ4v) is 3.14. The Kier molecular flexibility index (Phi) is 6.02. The number of fused-ring (bicyclic) bond motifs is 1. The first-order chi connectivity index (χ1) is 14.6. The van der Waals surface area contributed by atoms with Crippen LogP contribution >= 0.6 is 23.2 Å². The first kappa shape index (κ1) is 20.0. The van der Waals surface area contributed by atoms with Crippen LogP contribution in [0.2, 0.25) is 10.0 Å². The molecule has 7 heteroatoms. The lowest BCUT2D eigenvalue weighted by atomic mass is 10.2. The van der Waals surface area contributed by atoms with Gasteiger partial charge in [0.1, 0.15) is 17.9 Å². The average molecular weight is 439 g/mol. The highest BCUT2D eigenvalue weighted by atomic mass is 35.5. The van der Waals surface area contributed by atoms with Gasteiger partial charge in [-0.3, -0.25) is 4.79 Å². The Labute approximate surface area is 182 Å². The number of hydrogen-bond acceptors (Lipinski definition) is 4. The lowest BCUT2D eigenvalue weighted by molar-refractivity contribution is 0.0929. The number of para-hydroxylation sites is 2. The van der Waals surface area contributed by atoms with E-state index in [4.69, 9.17) is 32.4 Å². The van der Waals surface area contributed by atoms with Crippen molar-refractivity contribution in [2.75, 3.05) is 0 Å². The molecule has 0 saturated carbocycles. The molecule has 0 saturated heterocycles. The van der Waals surface area contributed by atoms with Crippen molar-refractivity contribution in [3.05, 3.63) is 99.7 Å². The van der Waals surface area contributed by atoms with Gasteiger partial charge in [-0.25, -0.2) is 5.43 Å². The molecule has 0 aliphatic carbocycles. The summed E-state index contributed by atoms with van der Waals surface area (Å²) in [5.74, 6) is 0.375. The van der Waals surface area contributed by atoms with Gasteiger partial charge in [0.25, 0.3) is 0 Å². The van der Waals surface area contributed by atoms with Crippen molar-refractivity contribution >= 4 is 46.3 Å². The van der Waals surface area contributed by atoms with Crippen molar-refractivity contribution in [1.82, 2.24) is 5.43 Å². The SMILES string of the molecule is O=C(N/N=C/c1ccccc1OCc1ccc(Cl)c(Cl)c1)c1cc2ccccc2o1. The van der Waals surface area contributed by atoms with Crippen LogP contribution in [0.15, 0.2) is 82.3 Å². The summed E-state index contributed by atoms with van der Waals surface area (Å²) in [6.45, 7) is 0.313. The fourth-order valence-electron chi connectivity index (χ4n) is 2.82. The number of nitrogens with one attached hydrogen (secondary N) is 1. The highest BCUT2D eigenvalue weighted by Gasteiger charge is 2.11. The summed E-state index contributed by atoms with van der Waals surface area (Å²) >= 11 is 12.0. The summed E-state index contributed by atoms with van der Waals surface area (Å²) in [4.78, 5) is 12.3. The molecule has 5 nitrogen and oxygen atoms in total. The Bertz CT molecular complexity index is 1200. The topological polar surface area (TPSA) is 63.8 Å². The maximum atomic E-state index is 12.3. The molecule has 4 aromatic rings. The molecule has 0 fully saturated rings. The minimum atomic E-state index is -0.434. The molecule has 1 amide bonds. The molecule has 0 spiro atoms. The van der Waals surface area contributed by atoms with Crippen LogP contribution in [0.3, 0.4) is 0 Å². The number of ether oxygens (including phenoxy) is 1. The second kappa shape index (κ2) is 9.03. The molecule has 0 atom stereocenters. The van der Waals surface area contributed by atoms with E-state index in [9.17, 15) is 4.79 Å². The zero-order chi connectivity index (χ0) is 20.9. The van der Waals surface area contributed by atoms with Crippen molar-refractivity contribution in [3.8, 4) is 5.75 Å². The number of nitrogens with zero attached hydrogens (tertiary/aromatic N) is 1. The smallest absolute Gasteiger partial charge is 0.307 e. The number of rotatable bonds is 6. The number of amides is 1. The minimum absolute atomic E-state index is 0.192. The third kappa shape index (κ3) is 4.64. The number of halogens is 2. The fraction of sp³-hybridized carbons (Fsp3) is 0.0435. The molecule has 30 heavy (non-hydrogen) atoms. The van der Waals surface area contributed by atoms with Crippen LogP contribution in [-0.2, 0) is 6.61 Å². The van der Waals surface area contributed by atoms with Gasteiger partial charge in [-0.2, -0.15) is 5.10 Å².